The quantitative estimate of drug-likeness (QED) is 0.0750. The lowest BCUT2D eigenvalue weighted by atomic mass is 9.99. The van der Waals surface area contributed by atoms with Crippen molar-refractivity contribution >= 4 is 51.2 Å². The van der Waals surface area contributed by atoms with Gasteiger partial charge in [0, 0.05) is 95.7 Å². The smallest absolute Gasteiger partial charge is 0.248 e. The number of benzene rings is 13. The molecule has 0 spiro atoms. The van der Waals surface area contributed by atoms with Gasteiger partial charge in [-0.3, -0.25) is 0 Å². The molecule has 15 nitrogen and oxygen atoms in total. The standard InChI is InChI=1S/C86H57N11O4/c1-9-25-60(26-10-1)79-87-91-83(98-79)66-49-64(52-76(54-66)95(70-29-13-3-14-30-70)71-31-15-4-16-32-71)58-41-45-62(46-42-58)81-89-93-85(100-81)68-51-69(57-78(56-68)97(74-37-21-7-22-38-74)75-39-23-8-24-40-75)86-94-90-82(101-86)63-47-43-59(44-48-63)65-50-67(84-92-88-80(99-84)61-27-11-2-12-28-61)55-77(53-65)96(72-33-17-5-18-34-72)73-35-19-6-20-36-73/h1-57H. The maximum atomic E-state index is 6.69. The summed E-state index contributed by atoms with van der Waals surface area (Å²) in [6, 6.07) is 116. The van der Waals surface area contributed by atoms with E-state index in [1.165, 1.54) is 0 Å². The number of anilines is 9. The Hall–Kier alpha value is -14.2. The van der Waals surface area contributed by atoms with Gasteiger partial charge in [0.15, 0.2) is 0 Å². The van der Waals surface area contributed by atoms with E-state index in [1.54, 1.807) is 0 Å². The zero-order valence-electron chi connectivity index (χ0n) is 54.0. The molecular formula is C86H57N11O4. The molecule has 17 aromatic rings. The second-order valence-corrected chi connectivity index (χ2v) is 23.9. The Bertz CT molecular complexity index is 5220. The first kappa shape index (κ1) is 60.5. The van der Waals surface area contributed by atoms with Crippen molar-refractivity contribution in [3.8, 4) is 114 Å². The maximum Gasteiger partial charge on any atom is 0.248 e. The third-order valence-electron chi connectivity index (χ3n) is 17.3. The van der Waals surface area contributed by atoms with Gasteiger partial charge in [-0.25, -0.2) is 0 Å². The Morgan fingerprint density at radius 3 is 0.535 bits per heavy atom. The predicted octanol–water partition coefficient (Wildman–Crippen LogP) is 22.3. The molecule has 0 fully saturated rings. The molecule has 0 bridgehead atoms. The van der Waals surface area contributed by atoms with Crippen molar-refractivity contribution in [2.75, 3.05) is 14.7 Å². The molecule has 13 aromatic carbocycles. The van der Waals surface area contributed by atoms with Gasteiger partial charge >= 0.3 is 0 Å². The van der Waals surface area contributed by atoms with Crippen LogP contribution < -0.4 is 14.7 Å². The molecule has 0 saturated heterocycles. The van der Waals surface area contributed by atoms with Crippen molar-refractivity contribution in [2.45, 2.75) is 0 Å². The summed E-state index contributed by atoms with van der Waals surface area (Å²) >= 11 is 0. The first-order chi connectivity index (χ1) is 50.0. The lowest BCUT2D eigenvalue weighted by molar-refractivity contribution is 0.582. The van der Waals surface area contributed by atoms with Gasteiger partial charge < -0.3 is 32.4 Å². The summed E-state index contributed by atoms with van der Waals surface area (Å²) in [6.07, 6.45) is 0. The highest BCUT2D eigenvalue weighted by Crippen LogP contribution is 2.45. The van der Waals surface area contributed by atoms with Crippen molar-refractivity contribution in [1.29, 1.82) is 0 Å². The SMILES string of the molecule is c1ccc(-c2nnc(-c3cc(-c4ccc(-c5nnc(-c6cc(-c7nnc(-c8ccc(-c9cc(-c%10nnc(-c%11ccccc%11)o%10)cc(N(c%10ccccc%10)c%10ccccc%10)c9)cc8)o7)cc(N(c7ccccc7)c7ccccc7)c6)o5)cc4)cc(N(c4ccccc4)c4ccccc4)c3)o2)cc1. The zero-order valence-corrected chi connectivity index (χ0v) is 54.0. The Balaban J connectivity index is 0.711. The molecule has 0 amide bonds. The number of para-hydroxylation sites is 6. The predicted molar refractivity (Wildman–Crippen MR) is 396 cm³/mol. The molecule has 0 atom stereocenters. The van der Waals surface area contributed by atoms with Crippen molar-refractivity contribution < 1.29 is 17.7 Å². The molecule has 0 aliphatic rings. The molecule has 0 N–H and O–H groups in total. The first-order valence-corrected chi connectivity index (χ1v) is 32.9. The molecule has 0 aliphatic carbocycles. The van der Waals surface area contributed by atoms with E-state index in [0.29, 0.717) is 46.5 Å². The van der Waals surface area contributed by atoms with Gasteiger partial charge in [-0.1, -0.05) is 170 Å². The Labute approximate surface area is 580 Å². The Kier molecular flexibility index (Phi) is 16.3. The second-order valence-electron chi connectivity index (χ2n) is 23.9. The van der Waals surface area contributed by atoms with Crippen LogP contribution in [0.5, 0.6) is 0 Å². The molecule has 0 unspecified atom stereocenters. The van der Waals surface area contributed by atoms with Gasteiger partial charge in [0.25, 0.3) is 0 Å². The zero-order chi connectivity index (χ0) is 67.3. The van der Waals surface area contributed by atoms with Crippen LogP contribution in [-0.4, -0.2) is 40.8 Å². The first-order valence-electron chi connectivity index (χ1n) is 32.9. The van der Waals surface area contributed by atoms with Crippen molar-refractivity contribution in [1.82, 2.24) is 40.8 Å². The number of hydrogen-bond acceptors (Lipinski definition) is 15. The van der Waals surface area contributed by atoms with Crippen LogP contribution in [0.2, 0.25) is 0 Å². The van der Waals surface area contributed by atoms with Crippen molar-refractivity contribution in [2.24, 2.45) is 0 Å². The van der Waals surface area contributed by atoms with Gasteiger partial charge in [-0.15, -0.1) is 40.8 Å². The largest absolute Gasteiger partial charge is 0.416 e. The normalized spacial score (nSPS) is 11.2. The fourth-order valence-electron chi connectivity index (χ4n) is 12.5. The van der Waals surface area contributed by atoms with Gasteiger partial charge in [0.1, 0.15) is 0 Å². The number of rotatable bonds is 19. The lowest BCUT2D eigenvalue weighted by Gasteiger charge is -2.26. The van der Waals surface area contributed by atoms with E-state index in [1.807, 2.05) is 212 Å². The van der Waals surface area contributed by atoms with Crippen LogP contribution in [0, 0.1) is 0 Å². The number of hydrogen-bond donors (Lipinski definition) is 0. The fraction of sp³-hybridized carbons (Fsp3) is 0. The highest BCUT2D eigenvalue weighted by Gasteiger charge is 2.24. The van der Waals surface area contributed by atoms with Gasteiger partial charge in [0.05, 0.1) is 0 Å². The second kappa shape index (κ2) is 27.1. The van der Waals surface area contributed by atoms with E-state index in [-0.39, 0.29) is 11.8 Å². The molecule has 0 aliphatic heterocycles. The minimum atomic E-state index is 0.288. The molecule has 17 rings (SSSR count). The van der Waals surface area contributed by atoms with Crippen LogP contribution in [-0.2, 0) is 0 Å². The van der Waals surface area contributed by atoms with E-state index in [9.17, 15) is 0 Å². The Morgan fingerprint density at radius 2 is 0.307 bits per heavy atom. The monoisotopic (exact) mass is 1310 g/mol. The van der Waals surface area contributed by atoms with E-state index in [0.717, 1.165) is 107 Å². The molecule has 480 valence electrons. The van der Waals surface area contributed by atoms with Crippen LogP contribution in [0.15, 0.2) is 363 Å². The lowest BCUT2D eigenvalue weighted by Crippen LogP contribution is -2.10. The highest BCUT2D eigenvalue weighted by molar-refractivity contribution is 5.88. The topological polar surface area (TPSA) is 165 Å². The third kappa shape index (κ3) is 12.7. The molecule has 15 heteroatoms. The van der Waals surface area contributed by atoms with E-state index in [2.05, 4.69) is 179 Å². The highest BCUT2D eigenvalue weighted by atomic mass is 16.4. The van der Waals surface area contributed by atoms with E-state index in [4.69, 9.17) is 27.9 Å². The number of nitrogens with zero attached hydrogens (tertiary/aromatic N) is 11. The number of aromatic nitrogens is 8. The maximum absolute atomic E-state index is 6.69. The van der Waals surface area contributed by atoms with Crippen molar-refractivity contribution in [3.63, 3.8) is 0 Å². The van der Waals surface area contributed by atoms with Gasteiger partial charge in [-0.05, 0) is 198 Å². The summed E-state index contributed by atoms with van der Waals surface area (Å²) in [4.78, 5) is 6.60. The molecule has 4 aromatic heterocycles. The molecular weight excluding hydrogens is 1250 g/mol. The van der Waals surface area contributed by atoms with Crippen LogP contribution in [0.1, 0.15) is 0 Å². The summed E-state index contributed by atoms with van der Waals surface area (Å²) in [5.41, 5.74) is 18.0. The summed E-state index contributed by atoms with van der Waals surface area (Å²) in [6.45, 7) is 0. The average Bonchev–Trinajstić information content (AvgIpc) is 1.69. The molecule has 4 heterocycles. The van der Waals surface area contributed by atoms with Crippen molar-refractivity contribution in [3.05, 3.63) is 346 Å². The fourth-order valence-corrected chi connectivity index (χ4v) is 12.5. The summed E-state index contributed by atoms with van der Waals surface area (Å²) < 4.78 is 26.2. The molecule has 101 heavy (non-hydrogen) atoms. The summed E-state index contributed by atoms with van der Waals surface area (Å²) in [7, 11) is 0. The summed E-state index contributed by atoms with van der Waals surface area (Å²) in [5, 5.41) is 36.8. The van der Waals surface area contributed by atoms with Gasteiger partial charge in [-0.2, -0.15) is 0 Å². The molecule has 0 radical (unpaired) electrons. The van der Waals surface area contributed by atoms with Crippen LogP contribution >= 0.6 is 0 Å². The van der Waals surface area contributed by atoms with E-state index < -0.39 is 0 Å². The minimum absolute atomic E-state index is 0.288. The molecule has 0 saturated carbocycles. The van der Waals surface area contributed by atoms with Crippen LogP contribution in [0.3, 0.4) is 0 Å². The summed E-state index contributed by atoms with van der Waals surface area (Å²) in [5.74, 6) is 2.88. The Morgan fingerprint density at radius 1 is 0.139 bits per heavy atom. The minimum Gasteiger partial charge on any atom is -0.416 e. The van der Waals surface area contributed by atoms with Crippen LogP contribution in [0.25, 0.3) is 114 Å². The third-order valence-corrected chi connectivity index (χ3v) is 17.3. The van der Waals surface area contributed by atoms with E-state index >= 15 is 0 Å². The van der Waals surface area contributed by atoms with Gasteiger partial charge in [0.2, 0.25) is 47.1 Å². The van der Waals surface area contributed by atoms with Crippen LogP contribution in [0.4, 0.5) is 51.2 Å². The average molecular weight is 1310 g/mol.